The van der Waals surface area contributed by atoms with Gasteiger partial charge < -0.3 is 4.90 Å². The van der Waals surface area contributed by atoms with Crippen molar-refractivity contribution in [2.24, 2.45) is 0 Å². The van der Waals surface area contributed by atoms with E-state index in [1.54, 1.807) is 6.92 Å². The van der Waals surface area contributed by atoms with Crippen molar-refractivity contribution in [3.63, 3.8) is 0 Å². The molecule has 0 aromatic rings. The number of Topliss-reactive ketones (excluding diaryl/α,β-unsaturated/α-hetero) is 1. The molecule has 1 heterocycles. The largest absolute Gasteiger partial charge is 0.305 e. The van der Waals surface area contributed by atoms with Gasteiger partial charge in [-0.25, -0.2) is 0 Å². The summed E-state index contributed by atoms with van der Waals surface area (Å²) in [6, 6.07) is 0.567. The number of carbonyl (C=O) groups is 1. The maximum atomic E-state index is 11.3. The molecule has 1 aliphatic rings. The van der Waals surface area contributed by atoms with Crippen molar-refractivity contribution in [2.75, 3.05) is 26.7 Å². The SMILES string of the molecule is CC(=O)C(C)N1CCCN(C)CC1C. The van der Waals surface area contributed by atoms with Crippen LogP contribution in [0.2, 0.25) is 0 Å². The van der Waals surface area contributed by atoms with Crippen molar-refractivity contribution in [1.82, 2.24) is 9.80 Å². The number of hydrogen-bond acceptors (Lipinski definition) is 3. The van der Waals surface area contributed by atoms with Crippen LogP contribution in [0.5, 0.6) is 0 Å². The van der Waals surface area contributed by atoms with Crippen molar-refractivity contribution >= 4 is 5.78 Å². The molecule has 0 radical (unpaired) electrons. The van der Waals surface area contributed by atoms with Gasteiger partial charge in [-0.3, -0.25) is 9.69 Å². The number of nitrogens with zero attached hydrogens (tertiary/aromatic N) is 2. The molecule has 3 nitrogen and oxygen atoms in total. The summed E-state index contributed by atoms with van der Waals surface area (Å²) in [4.78, 5) is 16.0. The van der Waals surface area contributed by atoms with E-state index in [0.717, 1.165) is 19.6 Å². The Morgan fingerprint density at radius 2 is 2.07 bits per heavy atom. The van der Waals surface area contributed by atoms with Crippen molar-refractivity contribution in [2.45, 2.75) is 39.3 Å². The summed E-state index contributed by atoms with van der Waals surface area (Å²) in [5.41, 5.74) is 0. The third-order valence-electron chi connectivity index (χ3n) is 3.18. The van der Waals surface area contributed by atoms with Crippen molar-refractivity contribution in [3.8, 4) is 0 Å². The molecule has 0 N–H and O–H groups in total. The lowest BCUT2D eigenvalue weighted by atomic mass is 10.1. The lowest BCUT2D eigenvalue weighted by Crippen LogP contribution is -2.46. The summed E-state index contributed by atoms with van der Waals surface area (Å²) >= 11 is 0. The molecule has 14 heavy (non-hydrogen) atoms. The fraction of sp³-hybridized carbons (Fsp3) is 0.909. The smallest absolute Gasteiger partial charge is 0.146 e. The van der Waals surface area contributed by atoms with E-state index in [1.165, 1.54) is 6.42 Å². The highest BCUT2D eigenvalue weighted by molar-refractivity contribution is 5.80. The zero-order chi connectivity index (χ0) is 10.7. The van der Waals surface area contributed by atoms with E-state index in [1.807, 2.05) is 6.92 Å². The molecule has 1 rings (SSSR count). The Labute approximate surface area is 87.1 Å². The first kappa shape index (κ1) is 11.7. The molecule has 2 unspecified atom stereocenters. The fourth-order valence-electron chi connectivity index (χ4n) is 2.20. The third-order valence-corrected chi connectivity index (χ3v) is 3.18. The van der Waals surface area contributed by atoms with Gasteiger partial charge in [-0.15, -0.1) is 0 Å². The minimum atomic E-state index is 0.0801. The van der Waals surface area contributed by atoms with Gasteiger partial charge in [-0.1, -0.05) is 0 Å². The van der Waals surface area contributed by atoms with E-state index in [9.17, 15) is 4.79 Å². The molecule has 0 amide bonds. The van der Waals surface area contributed by atoms with Gasteiger partial charge in [0.2, 0.25) is 0 Å². The molecule has 0 saturated carbocycles. The van der Waals surface area contributed by atoms with Crippen molar-refractivity contribution < 1.29 is 4.79 Å². The van der Waals surface area contributed by atoms with Crippen LogP contribution in [-0.2, 0) is 4.79 Å². The molecule has 0 spiro atoms. The van der Waals surface area contributed by atoms with Gasteiger partial charge in [-0.2, -0.15) is 0 Å². The minimum Gasteiger partial charge on any atom is -0.305 e. The lowest BCUT2D eigenvalue weighted by molar-refractivity contribution is -0.122. The number of hydrogen-bond donors (Lipinski definition) is 0. The van der Waals surface area contributed by atoms with E-state index in [0.29, 0.717) is 6.04 Å². The molecule has 1 aliphatic heterocycles. The van der Waals surface area contributed by atoms with E-state index >= 15 is 0 Å². The first-order valence-electron chi connectivity index (χ1n) is 5.47. The fourth-order valence-corrected chi connectivity index (χ4v) is 2.20. The van der Waals surface area contributed by atoms with Crippen LogP contribution in [0.25, 0.3) is 0 Å². The highest BCUT2D eigenvalue weighted by atomic mass is 16.1. The molecular weight excluding hydrogens is 176 g/mol. The summed E-state index contributed by atoms with van der Waals surface area (Å²) in [5, 5.41) is 0. The predicted molar refractivity (Wildman–Crippen MR) is 58.4 cm³/mol. The van der Waals surface area contributed by atoms with Crippen molar-refractivity contribution in [1.29, 1.82) is 0 Å². The van der Waals surface area contributed by atoms with Gasteiger partial charge in [0.25, 0.3) is 0 Å². The standard InChI is InChI=1S/C11H22N2O/c1-9-8-12(4)6-5-7-13(9)10(2)11(3)14/h9-10H,5-8H2,1-4H3. The van der Waals surface area contributed by atoms with E-state index in [-0.39, 0.29) is 11.8 Å². The van der Waals surface area contributed by atoms with Crippen LogP contribution in [-0.4, -0.2) is 54.3 Å². The Balaban J connectivity index is 2.62. The van der Waals surface area contributed by atoms with Crippen LogP contribution >= 0.6 is 0 Å². The van der Waals surface area contributed by atoms with E-state index < -0.39 is 0 Å². The van der Waals surface area contributed by atoms with Crippen LogP contribution in [0.1, 0.15) is 27.2 Å². The highest BCUT2D eigenvalue weighted by Crippen LogP contribution is 2.12. The Bertz CT molecular complexity index is 205. The molecule has 0 aromatic carbocycles. The number of likely N-dealkylation sites (N-methyl/N-ethyl adjacent to an activating group) is 1. The summed E-state index contributed by atoms with van der Waals surface area (Å²) in [7, 11) is 2.15. The minimum absolute atomic E-state index is 0.0801. The molecule has 82 valence electrons. The van der Waals surface area contributed by atoms with Gasteiger partial charge in [0.15, 0.2) is 0 Å². The predicted octanol–water partition coefficient (Wildman–Crippen LogP) is 0.990. The maximum Gasteiger partial charge on any atom is 0.146 e. The quantitative estimate of drug-likeness (QED) is 0.661. The summed E-state index contributed by atoms with van der Waals surface area (Å²) < 4.78 is 0. The summed E-state index contributed by atoms with van der Waals surface area (Å²) in [6.07, 6.45) is 1.17. The third kappa shape index (κ3) is 2.79. The van der Waals surface area contributed by atoms with Crippen molar-refractivity contribution in [3.05, 3.63) is 0 Å². The topological polar surface area (TPSA) is 23.6 Å². The van der Waals surface area contributed by atoms with Crippen LogP contribution in [0, 0.1) is 0 Å². The van der Waals surface area contributed by atoms with Gasteiger partial charge in [0, 0.05) is 19.1 Å². The molecule has 3 heteroatoms. The first-order chi connectivity index (χ1) is 6.52. The second-order valence-electron chi connectivity index (χ2n) is 4.49. The lowest BCUT2D eigenvalue weighted by Gasteiger charge is -2.31. The normalized spacial score (nSPS) is 28.4. The molecule has 2 atom stereocenters. The second-order valence-corrected chi connectivity index (χ2v) is 4.49. The van der Waals surface area contributed by atoms with E-state index in [4.69, 9.17) is 0 Å². The molecule has 0 aliphatic carbocycles. The average molecular weight is 198 g/mol. The zero-order valence-corrected chi connectivity index (χ0v) is 9.79. The van der Waals surface area contributed by atoms with E-state index in [2.05, 4.69) is 23.8 Å². The average Bonchev–Trinajstić information content (AvgIpc) is 2.25. The molecule has 1 saturated heterocycles. The Hall–Kier alpha value is -0.410. The summed E-state index contributed by atoms with van der Waals surface area (Å²) in [6.45, 7) is 9.17. The number of ketones is 1. The molecular formula is C11H22N2O. The molecule has 0 bridgehead atoms. The van der Waals surface area contributed by atoms with Crippen LogP contribution in [0.3, 0.4) is 0 Å². The van der Waals surface area contributed by atoms with Gasteiger partial charge >= 0.3 is 0 Å². The monoisotopic (exact) mass is 198 g/mol. The van der Waals surface area contributed by atoms with Crippen LogP contribution < -0.4 is 0 Å². The maximum absolute atomic E-state index is 11.3. The Kier molecular flexibility index (Phi) is 4.08. The molecule has 0 aromatic heterocycles. The first-order valence-corrected chi connectivity index (χ1v) is 5.47. The molecule has 1 fully saturated rings. The number of carbonyl (C=O) groups excluding carboxylic acids is 1. The Morgan fingerprint density at radius 1 is 1.43 bits per heavy atom. The number of rotatable bonds is 2. The van der Waals surface area contributed by atoms with Crippen LogP contribution in [0.15, 0.2) is 0 Å². The van der Waals surface area contributed by atoms with Gasteiger partial charge in [-0.05, 0) is 40.8 Å². The van der Waals surface area contributed by atoms with Gasteiger partial charge in [0.05, 0.1) is 6.04 Å². The van der Waals surface area contributed by atoms with Crippen LogP contribution in [0.4, 0.5) is 0 Å². The second kappa shape index (κ2) is 4.89. The zero-order valence-electron chi connectivity index (χ0n) is 9.79. The highest BCUT2D eigenvalue weighted by Gasteiger charge is 2.25. The summed E-state index contributed by atoms with van der Waals surface area (Å²) in [5.74, 6) is 0.279. The Morgan fingerprint density at radius 3 is 2.64 bits per heavy atom. The van der Waals surface area contributed by atoms with Gasteiger partial charge in [0.1, 0.15) is 5.78 Å².